The SMILES string of the molecule is CCCC[C@@H]([C@H](Nc1ccc(OC)cc1)C(=O)OCC)[C@@H](O)C#N. The van der Waals surface area contributed by atoms with Crippen molar-refractivity contribution in [3.05, 3.63) is 24.3 Å². The predicted octanol–water partition coefficient (Wildman–Crippen LogP) is 2.73. The van der Waals surface area contributed by atoms with Gasteiger partial charge in [0, 0.05) is 11.6 Å². The largest absolute Gasteiger partial charge is 0.497 e. The van der Waals surface area contributed by atoms with Crippen LogP contribution in [0, 0.1) is 17.2 Å². The van der Waals surface area contributed by atoms with Crippen LogP contribution in [0.15, 0.2) is 24.3 Å². The molecule has 132 valence electrons. The van der Waals surface area contributed by atoms with Crippen LogP contribution in [0.3, 0.4) is 0 Å². The summed E-state index contributed by atoms with van der Waals surface area (Å²) in [5, 5.41) is 22.3. The number of esters is 1. The van der Waals surface area contributed by atoms with Gasteiger partial charge in [0.15, 0.2) is 0 Å². The Morgan fingerprint density at radius 1 is 1.33 bits per heavy atom. The van der Waals surface area contributed by atoms with Gasteiger partial charge in [0.2, 0.25) is 0 Å². The van der Waals surface area contributed by atoms with E-state index in [1.54, 1.807) is 38.3 Å². The number of hydrogen-bond donors (Lipinski definition) is 2. The first-order valence-corrected chi connectivity index (χ1v) is 8.22. The van der Waals surface area contributed by atoms with Crippen molar-refractivity contribution in [3.63, 3.8) is 0 Å². The zero-order chi connectivity index (χ0) is 17.9. The number of nitriles is 1. The van der Waals surface area contributed by atoms with Crippen LogP contribution < -0.4 is 10.1 Å². The summed E-state index contributed by atoms with van der Waals surface area (Å²) in [5.41, 5.74) is 0.695. The minimum atomic E-state index is -1.24. The second kappa shape index (κ2) is 10.5. The highest BCUT2D eigenvalue weighted by atomic mass is 16.5. The van der Waals surface area contributed by atoms with Gasteiger partial charge in [-0.15, -0.1) is 0 Å². The van der Waals surface area contributed by atoms with E-state index in [0.29, 0.717) is 17.9 Å². The predicted molar refractivity (Wildman–Crippen MR) is 91.7 cm³/mol. The van der Waals surface area contributed by atoms with Gasteiger partial charge in [-0.3, -0.25) is 0 Å². The number of nitrogens with zero attached hydrogens (tertiary/aromatic N) is 1. The number of unbranched alkanes of at least 4 members (excludes halogenated alkanes) is 1. The molecule has 3 atom stereocenters. The first-order valence-electron chi connectivity index (χ1n) is 8.22. The van der Waals surface area contributed by atoms with Crippen LogP contribution in [0.2, 0.25) is 0 Å². The van der Waals surface area contributed by atoms with Gasteiger partial charge in [-0.05, 0) is 37.6 Å². The Balaban J connectivity index is 3.02. The van der Waals surface area contributed by atoms with Gasteiger partial charge in [0.1, 0.15) is 17.9 Å². The molecule has 1 aromatic rings. The van der Waals surface area contributed by atoms with E-state index in [1.165, 1.54) is 0 Å². The molecule has 0 amide bonds. The Labute approximate surface area is 143 Å². The van der Waals surface area contributed by atoms with Crippen molar-refractivity contribution >= 4 is 11.7 Å². The molecule has 6 heteroatoms. The third-order valence-corrected chi connectivity index (χ3v) is 3.81. The van der Waals surface area contributed by atoms with E-state index in [-0.39, 0.29) is 6.61 Å². The van der Waals surface area contributed by atoms with Crippen molar-refractivity contribution < 1.29 is 19.4 Å². The second-order valence-corrected chi connectivity index (χ2v) is 5.48. The van der Waals surface area contributed by atoms with E-state index in [0.717, 1.165) is 12.8 Å². The Morgan fingerprint density at radius 2 is 2.00 bits per heavy atom. The quantitative estimate of drug-likeness (QED) is 0.505. The second-order valence-electron chi connectivity index (χ2n) is 5.48. The molecule has 0 fully saturated rings. The summed E-state index contributed by atoms with van der Waals surface area (Å²) in [6, 6.07) is 8.15. The average molecular weight is 334 g/mol. The Bertz CT molecular complexity index is 539. The summed E-state index contributed by atoms with van der Waals surface area (Å²) >= 11 is 0. The third kappa shape index (κ3) is 5.74. The van der Waals surface area contributed by atoms with Crippen LogP contribution in [-0.2, 0) is 9.53 Å². The maximum absolute atomic E-state index is 12.4. The van der Waals surface area contributed by atoms with Crippen molar-refractivity contribution in [2.75, 3.05) is 19.0 Å². The van der Waals surface area contributed by atoms with E-state index >= 15 is 0 Å². The molecule has 0 aliphatic carbocycles. The number of ether oxygens (including phenoxy) is 2. The molecule has 0 bridgehead atoms. The molecule has 0 unspecified atom stereocenters. The summed E-state index contributed by atoms with van der Waals surface area (Å²) in [5.74, 6) is -0.312. The van der Waals surface area contributed by atoms with Crippen molar-refractivity contribution in [2.45, 2.75) is 45.3 Å². The van der Waals surface area contributed by atoms with Crippen LogP contribution in [-0.4, -0.2) is 36.9 Å². The van der Waals surface area contributed by atoms with Crippen molar-refractivity contribution in [2.24, 2.45) is 5.92 Å². The molecule has 6 nitrogen and oxygen atoms in total. The number of methoxy groups -OCH3 is 1. The lowest BCUT2D eigenvalue weighted by atomic mass is 9.88. The molecule has 0 saturated heterocycles. The molecule has 0 spiro atoms. The number of aliphatic hydroxyl groups is 1. The number of nitrogens with one attached hydrogen (secondary N) is 1. The molecular formula is C18H26N2O4. The Kier molecular flexibility index (Phi) is 8.66. The van der Waals surface area contributed by atoms with Gasteiger partial charge < -0.3 is 19.9 Å². The third-order valence-electron chi connectivity index (χ3n) is 3.81. The summed E-state index contributed by atoms with van der Waals surface area (Å²) in [6.07, 6.45) is 1.03. The Hall–Kier alpha value is -2.26. The maximum atomic E-state index is 12.4. The molecule has 1 rings (SSSR count). The van der Waals surface area contributed by atoms with Gasteiger partial charge >= 0.3 is 5.97 Å². The lowest BCUT2D eigenvalue weighted by Gasteiger charge is -2.28. The molecule has 0 aliphatic rings. The topological polar surface area (TPSA) is 91.6 Å². The molecule has 2 N–H and O–H groups in total. The van der Waals surface area contributed by atoms with Crippen LogP contribution >= 0.6 is 0 Å². The fourth-order valence-corrected chi connectivity index (χ4v) is 2.48. The van der Waals surface area contributed by atoms with Gasteiger partial charge in [0.25, 0.3) is 0 Å². The van der Waals surface area contributed by atoms with E-state index in [1.807, 2.05) is 13.0 Å². The lowest BCUT2D eigenvalue weighted by molar-refractivity contribution is -0.146. The van der Waals surface area contributed by atoms with Crippen molar-refractivity contribution in [1.29, 1.82) is 5.26 Å². The standard InChI is InChI=1S/C18H26N2O4/c1-4-6-7-15(16(21)12-19)17(18(22)24-5-2)20-13-8-10-14(23-3)11-9-13/h8-11,15-17,20-21H,4-7H2,1-3H3/t15-,16+,17+/m1/s1. The van der Waals surface area contributed by atoms with Crippen LogP contribution in [0.1, 0.15) is 33.1 Å². The van der Waals surface area contributed by atoms with Crippen molar-refractivity contribution in [3.8, 4) is 11.8 Å². The number of aliphatic hydroxyl groups excluding tert-OH is 1. The number of benzene rings is 1. The van der Waals surface area contributed by atoms with Crippen LogP contribution in [0.4, 0.5) is 5.69 Å². The lowest BCUT2D eigenvalue weighted by Crippen LogP contribution is -2.43. The minimum absolute atomic E-state index is 0.239. The number of carbonyl (C=O) groups excluding carboxylic acids is 1. The number of carbonyl (C=O) groups is 1. The average Bonchev–Trinajstić information content (AvgIpc) is 2.61. The molecule has 0 radical (unpaired) electrons. The summed E-state index contributed by atoms with van der Waals surface area (Å²) < 4.78 is 10.2. The molecule has 0 saturated carbocycles. The summed E-state index contributed by atoms with van der Waals surface area (Å²) in [7, 11) is 1.58. The fourth-order valence-electron chi connectivity index (χ4n) is 2.48. The molecule has 0 heterocycles. The maximum Gasteiger partial charge on any atom is 0.328 e. The van der Waals surface area contributed by atoms with E-state index in [9.17, 15) is 9.90 Å². The van der Waals surface area contributed by atoms with Gasteiger partial charge in [-0.1, -0.05) is 19.8 Å². The highest BCUT2D eigenvalue weighted by molar-refractivity contribution is 5.80. The van der Waals surface area contributed by atoms with Gasteiger partial charge in [-0.2, -0.15) is 5.26 Å². The first-order chi connectivity index (χ1) is 11.6. The Morgan fingerprint density at radius 3 is 2.50 bits per heavy atom. The van der Waals surface area contributed by atoms with Crippen LogP contribution in [0.5, 0.6) is 5.75 Å². The van der Waals surface area contributed by atoms with Gasteiger partial charge in [0.05, 0.1) is 19.8 Å². The molecule has 24 heavy (non-hydrogen) atoms. The molecule has 0 aliphatic heterocycles. The van der Waals surface area contributed by atoms with Crippen molar-refractivity contribution in [1.82, 2.24) is 0 Å². The summed E-state index contributed by atoms with van der Waals surface area (Å²) in [4.78, 5) is 12.4. The van der Waals surface area contributed by atoms with Crippen LogP contribution in [0.25, 0.3) is 0 Å². The highest BCUT2D eigenvalue weighted by Gasteiger charge is 2.34. The minimum Gasteiger partial charge on any atom is -0.497 e. The summed E-state index contributed by atoms with van der Waals surface area (Å²) in [6.45, 7) is 3.99. The molecule has 1 aromatic carbocycles. The van der Waals surface area contributed by atoms with E-state index in [4.69, 9.17) is 14.7 Å². The monoisotopic (exact) mass is 334 g/mol. The number of anilines is 1. The van der Waals surface area contributed by atoms with E-state index in [2.05, 4.69) is 5.32 Å². The normalized spacial score (nSPS) is 14.1. The molecule has 0 aromatic heterocycles. The zero-order valence-electron chi connectivity index (χ0n) is 14.5. The number of hydrogen-bond acceptors (Lipinski definition) is 6. The molecular weight excluding hydrogens is 308 g/mol. The number of rotatable bonds is 10. The van der Waals surface area contributed by atoms with Gasteiger partial charge in [-0.25, -0.2) is 4.79 Å². The smallest absolute Gasteiger partial charge is 0.328 e. The fraction of sp³-hybridized carbons (Fsp3) is 0.556. The highest BCUT2D eigenvalue weighted by Crippen LogP contribution is 2.24. The van der Waals surface area contributed by atoms with E-state index < -0.39 is 24.0 Å². The zero-order valence-corrected chi connectivity index (χ0v) is 14.5. The first kappa shape index (κ1) is 19.8.